The van der Waals surface area contributed by atoms with E-state index in [4.69, 9.17) is 10.5 Å². The largest absolute Gasteiger partial charge is 0.375 e. The first-order valence-electron chi connectivity index (χ1n) is 4.75. The van der Waals surface area contributed by atoms with Crippen LogP contribution in [0.2, 0.25) is 0 Å². The second kappa shape index (κ2) is 3.11. The van der Waals surface area contributed by atoms with Gasteiger partial charge in [0.25, 0.3) is 0 Å². The summed E-state index contributed by atoms with van der Waals surface area (Å²) in [6.45, 7) is 0.829. The Hall–Kier alpha value is -0.0800. The Morgan fingerprint density at radius 1 is 1.18 bits per heavy atom. The minimum absolute atomic E-state index is 0.567. The molecule has 0 amide bonds. The van der Waals surface area contributed by atoms with Gasteiger partial charge >= 0.3 is 0 Å². The summed E-state index contributed by atoms with van der Waals surface area (Å²) in [6.07, 6.45) is 7.55. The maximum Gasteiger partial charge on any atom is 0.0608 e. The van der Waals surface area contributed by atoms with Crippen LogP contribution in [-0.4, -0.2) is 18.8 Å². The number of hydrogen-bond acceptors (Lipinski definition) is 2. The summed E-state index contributed by atoms with van der Waals surface area (Å²) in [5.41, 5.74) is 5.53. The number of nitrogens with two attached hydrogens (primary N) is 1. The van der Waals surface area contributed by atoms with Crippen LogP contribution in [0.15, 0.2) is 0 Å². The van der Waals surface area contributed by atoms with Crippen molar-refractivity contribution in [3.8, 4) is 0 Å². The van der Waals surface area contributed by atoms with Crippen LogP contribution in [0.1, 0.15) is 32.1 Å². The summed E-state index contributed by atoms with van der Waals surface area (Å²) in [7, 11) is 0. The molecule has 3 unspecified atom stereocenters. The first-order valence-corrected chi connectivity index (χ1v) is 4.75. The van der Waals surface area contributed by atoms with Gasteiger partial charge in [-0.15, -0.1) is 0 Å². The fourth-order valence-corrected chi connectivity index (χ4v) is 2.42. The highest BCUT2D eigenvalue weighted by atomic mass is 16.5. The molecule has 2 N–H and O–H groups in total. The van der Waals surface area contributed by atoms with E-state index in [1.807, 2.05) is 0 Å². The second-order valence-corrected chi connectivity index (χ2v) is 3.79. The highest BCUT2D eigenvalue weighted by Crippen LogP contribution is 2.37. The molecule has 0 saturated carbocycles. The molecule has 0 aromatic heterocycles. The quantitative estimate of drug-likeness (QED) is 0.652. The Balaban J connectivity index is 1.91. The molecule has 2 heterocycles. The first kappa shape index (κ1) is 7.56. The molecule has 2 aliphatic rings. The van der Waals surface area contributed by atoms with Crippen molar-refractivity contribution >= 4 is 0 Å². The van der Waals surface area contributed by atoms with Crippen molar-refractivity contribution in [1.29, 1.82) is 0 Å². The van der Waals surface area contributed by atoms with Gasteiger partial charge in [0, 0.05) is 0 Å². The molecule has 3 atom stereocenters. The third-order valence-corrected chi connectivity index (χ3v) is 3.06. The van der Waals surface area contributed by atoms with Gasteiger partial charge in [-0.1, -0.05) is 0 Å². The maximum absolute atomic E-state index is 5.81. The number of hydrogen-bond donors (Lipinski definition) is 1. The average Bonchev–Trinajstić information content (AvgIpc) is 2.40. The van der Waals surface area contributed by atoms with Gasteiger partial charge < -0.3 is 10.5 Å². The molecule has 2 saturated heterocycles. The molecule has 2 bridgehead atoms. The Bertz CT molecular complexity index is 138. The van der Waals surface area contributed by atoms with Crippen molar-refractivity contribution in [3.05, 3.63) is 0 Å². The van der Waals surface area contributed by atoms with E-state index >= 15 is 0 Å². The van der Waals surface area contributed by atoms with Crippen molar-refractivity contribution in [2.45, 2.75) is 44.3 Å². The van der Waals surface area contributed by atoms with E-state index in [0.29, 0.717) is 12.2 Å². The molecule has 0 aliphatic carbocycles. The van der Waals surface area contributed by atoms with Crippen LogP contribution in [0.25, 0.3) is 0 Å². The minimum Gasteiger partial charge on any atom is -0.375 e. The normalized spacial score (nSPS) is 42.8. The molecule has 2 fully saturated rings. The molecule has 0 aromatic carbocycles. The molecule has 0 aromatic rings. The molecule has 2 aliphatic heterocycles. The molecular weight excluding hydrogens is 138 g/mol. The van der Waals surface area contributed by atoms with Crippen molar-refractivity contribution < 1.29 is 4.74 Å². The maximum atomic E-state index is 5.81. The molecule has 2 heteroatoms. The van der Waals surface area contributed by atoms with E-state index in [1.54, 1.807) is 0 Å². The fourth-order valence-electron chi connectivity index (χ4n) is 2.42. The zero-order valence-electron chi connectivity index (χ0n) is 6.96. The van der Waals surface area contributed by atoms with Crippen LogP contribution in [0.5, 0.6) is 0 Å². The smallest absolute Gasteiger partial charge is 0.0608 e. The summed E-state index contributed by atoms with van der Waals surface area (Å²) >= 11 is 0. The summed E-state index contributed by atoms with van der Waals surface area (Å²) in [4.78, 5) is 0. The van der Waals surface area contributed by atoms with Crippen molar-refractivity contribution in [3.63, 3.8) is 0 Å². The first-order chi connectivity index (χ1) is 5.40. The van der Waals surface area contributed by atoms with Crippen LogP contribution in [-0.2, 0) is 4.74 Å². The summed E-state index contributed by atoms with van der Waals surface area (Å²) in [5.74, 6) is 0.777. The highest BCUT2D eigenvalue weighted by Gasteiger charge is 2.35. The van der Waals surface area contributed by atoms with Gasteiger partial charge in [0.1, 0.15) is 0 Å². The minimum atomic E-state index is 0.567. The molecule has 64 valence electrons. The summed E-state index contributed by atoms with van der Waals surface area (Å²) in [6, 6.07) is 0. The molecule has 0 spiro atoms. The summed E-state index contributed by atoms with van der Waals surface area (Å²) in [5, 5.41) is 0. The van der Waals surface area contributed by atoms with E-state index in [-0.39, 0.29) is 0 Å². The SMILES string of the molecule is NCCC1CCC2CCC1O2. The van der Waals surface area contributed by atoms with Crippen LogP contribution < -0.4 is 5.73 Å². The van der Waals surface area contributed by atoms with E-state index in [2.05, 4.69) is 0 Å². The predicted octanol–water partition coefficient (Wildman–Crippen LogP) is 1.29. The average molecular weight is 155 g/mol. The number of ether oxygens (including phenoxy) is 1. The lowest BCUT2D eigenvalue weighted by atomic mass is 9.92. The van der Waals surface area contributed by atoms with Crippen molar-refractivity contribution in [1.82, 2.24) is 0 Å². The Labute approximate surface area is 68.1 Å². The monoisotopic (exact) mass is 155 g/mol. The van der Waals surface area contributed by atoms with Crippen LogP contribution in [0.3, 0.4) is 0 Å². The topological polar surface area (TPSA) is 35.2 Å². The lowest BCUT2D eigenvalue weighted by molar-refractivity contribution is -0.0334. The van der Waals surface area contributed by atoms with Gasteiger partial charge in [-0.25, -0.2) is 0 Å². The third-order valence-electron chi connectivity index (χ3n) is 3.06. The molecule has 11 heavy (non-hydrogen) atoms. The lowest BCUT2D eigenvalue weighted by Crippen LogP contribution is -2.28. The van der Waals surface area contributed by atoms with Gasteiger partial charge in [-0.3, -0.25) is 0 Å². The zero-order chi connectivity index (χ0) is 7.68. The van der Waals surface area contributed by atoms with Crippen molar-refractivity contribution in [2.75, 3.05) is 6.54 Å². The third kappa shape index (κ3) is 1.42. The fraction of sp³-hybridized carbons (Fsp3) is 1.00. The van der Waals surface area contributed by atoms with Crippen LogP contribution in [0.4, 0.5) is 0 Å². The predicted molar refractivity (Wildman–Crippen MR) is 44.3 cm³/mol. The van der Waals surface area contributed by atoms with Gasteiger partial charge in [0.15, 0.2) is 0 Å². The molecule has 0 radical (unpaired) electrons. The Morgan fingerprint density at radius 2 is 2.00 bits per heavy atom. The van der Waals surface area contributed by atoms with Gasteiger partial charge in [-0.05, 0) is 44.6 Å². The molecule has 2 rings (SSSR count). The van der Waals surface area contributed by atoms with E-state index in [0.717, 1.165) is 18.9 Å². The Kier molecular flexibility index (Phi) is 2.14. The van der Waals surface area contributed by atoms with E-state index < -0.39 is 0 Å². The van der Waals surface area contributed by atoms with Gasteiger partial charge in [0.05, 0.1) is 12.2 Å². The molecule has 2 nitrogen and oxygen atoms in total. The highest BCUT2D eigenvalue weighted by molar-refractivity contribution is 4.85. The zero-order valence-corrected chi connectivity index (χ0v) is 6.96. The van der Waals surface area contributed by atoms with Crippen LogP contribution in [0, 0.1) is 5.92 Å². The molecular formula is C9H17NO. The van der Waals surface area contributed by atoms with Gasteiger partial charge in [-0.2, -0.15) is 0 Å². The summed E-state index contributed by atoms with van der Waals surface area (Å²) < 4.78 is 5.81. The van der Waals surface area contributed by atoms with Gasteiger partial charge in [0.2, 0.25) is 0 Å². The van der Waals surface area contributed by atoms with Crippen LogP contribution >= 0.6 is 0 Å². The second-order valence-electron chi connectivity index (χ2n) is 3.79. The lowest BCUT2D eigenvalue weighted by Gasteiger charge is -2.28. The Morgan fingerprint density at radius 3 is 2.82 bits per heavy atom. The van der Waals surface area contributed by atoms with E-state index in [9.17, 15) is 0 Å². The van der Waals surface area contributed by atoms with Crippen molar-refractivity contribution in [2.24, 2.45) is 11.7 Å². The number of rotatable bonds is 2. The van der Waals surface area contributed by atoms with E-state index in [1.165, 1.54) is 25.7 Å². The number of fused-ring (bicyclic) bond motifs is 2. The standard InChI is InChI=1S/C9H17NO/c10-6-5-7-1-2-8-3-4-9(7)11-8/h7-9H,1-6,10H2.